The first-order valence-corrected chi connectivity index (χ1v) is 22.3. The lowest BCUT2D eigenvalue weighted by atomic mass is 9.85. The van der Waals surface area contributed by atoms with Crippen LogP contribution in [0.2, 0.25) is 0 Å². The summed E-state index contributed by atoms with van der Waals surface area (Å²) in [6.07, 6.45) is 7.19. The van der Waals surface area contributed by atoms with E-state index in [2.05, 4.69) is 76.1 Å². The number of H-pyrrole nitrogens is 1. The fraction of sp³-hybridized carbons (Fsp3) is 0.471. The number of aliphatic hydroxyl groups is 2. The van der Waals surface area contributed by atoms with E-state index < -0.39 is 53.3 Å². The second kappa shape index (κ2) is 23.8. The Morgan fingerprint density at radius 2 is 1.19 bits per heavy atom. The third kappa shape index (κ3) is 13.3. The van der Waals surface area contributed by atoms with Crippen LogP contribution in [0.25, 0.3) is 0 Å². The minimum atomic E-state index is -1.05. The first-order valence-electron chi connectivity index (χ1n) is 22.3. The second-order valence-corrected chi connectivity index (χ2v) is 16.8. The van der Waals surface area contributed by atoms with E-state index in [1.807, 2.05) is 6.92 Å². The summed E-state index contributed by atoms with van der Waals surface area (Å²) in [6, 6.07) is 20.1. The Morgan fingerprint density at radius 1 is 0.703 bits per heavy atom. The predicted molar refractivity (Wildman–Crippen MR) is 242 cm³/mol. The molecule has 1 heterocycles. The molecule has 6 unspecified atom stereocenters. The monoisotopic (exact) mass is 887 g/mol. The van der Waals surface area contributed by atoms with Crippen LogP contribution in [0.4, 0.5) is 17.6 Å². The van der Waals surface area contributed by atoms with Gasteiger partial charge in [-0.1, -0.05) is 64.6 Å². The van der Waals surface area contributed by atoms with Crippen molar-refractivity contribution in [1.82, 2.24) is 25.8 Å². The van der Waals surface area contributed by atoms with Gasteiger partial charge >= 0.3 is 5.97 Å². The van der Waals surface area contributed by atoms with Crippen LogP contribution in [0, 0.1) is 29.2 Å². The average Bonchev–Trinajstić information content (AvgIpc) is 3.76. The summed E-state index contributed by atoms with van der Waals surface area (Å²) in [7, 11) is 1.24. The maximum Gasteiger partial charge on any atom is 0.311 e. The molecule has 0 aliphatic heterocycles. The number of halogens is 4. The van der Waals surface area contributed by atoms with Gasteiger partial charge in [0.15, 0.2) is 5.82 Å². The number of hydrogen-bond donors (Lipinski definition) is 5. The van der Waals surface area contributed by atoms with Crippen molar-refractivity contribution in [1.29, 1.82) is 0 Å². The van der Waals surface area contributed by atoms with Gasteiger partial charge in [-0.15, -0.1) is 0 Å². The highest BCUT2D eigenvalue weighted by molar-refractivity contribution is 5.73. The van der Waals surface area contributed by atoms with Crippen LogP contribution in [-0.4, -0.2) is 63.8 Å². The molecule has 346 valence electrons. The van der Waals surface area contributed by atoms with Crippen molar-refractivity contribution in [2.45, 2.75) is 129 Å². The molecule has 6 atom stereocenters. The van der Waals surface area contributed by atoms with Crippen molar-refractivity contribution < 1.29 is 37.3 Å². The summed E-state index contributed by atoms with van der Waals surface area (Å²) in [5.74, 6) is -3.55. The molecule has 0 bridgehead atoms. The van der Waals surface area contributed by atoms with Gasteiger partial charge in [-0.05, 0) is 133 Å². The molecule has 5 N–H and O–H groups in total. The summed E-state index contributed by atoms with van der Waals surface area (Å²) in [5, 5.41) is 36.0. The largest absolute Gasteiger partial charge is 0.469 e. The van der Waals surface area contributed by atoms with Crippen LogP contribution in [0.1, 0.15) is 128 Å². The number of fused-ring (bicyclic) bond motifs is 2. The van der Waals surface area contributed by atoms with Gasteiger partial charge in [0.2, 0.25) is 0 Å². The van der Waals surface area contributed by atoms with Crippen LogP contribution >= 0.6 is 0 Å². The summed E-state index contributed by atoms with van der Waals surface area (Å²) in [5.41, 5.74) is 8.57. The zero-order valence-electron chi connectivity index (χ0n) is 36.7. The van der Waals surface area contributed by atoms with Crippen LogP contribution in [0.3, 0.4) is 0 Å². The Kier molecular flexibility index (Phi) is 18.6. The molecule has 13 heteroatoms. The lowest BCUT2D eigenvalue weighted by molar-refractivity contribution is -0.149. The molecule has 5 aromatic rings. The predicted octanol–water partition coefficient (Wildman–Crippen LogP) is 9.09. The van der Waals surface area contributed by atoms with E-state index in [0.29, 0.717) is 35.7 Å². The first kappa shape index (κ1) is 50.1. The molecule has 4 aromatic carbocycles. The van der Waals surface area contributed by atoms with Gasteiger partial charge in [0.05, 0.1) is 31.2 Å². The van der Waals surface area contributed by atoms with Gasteiger partial charge in [0, 0.05) is 43.7 Å². The highest BCUT2D eigenvalue weighted by atomic mass is 19.1. The summed E-state index contributed by atoms with van der Waals surface area (Å²) >= 11 is 0. The number of nitrogens with one attached hydrogen (secondary N) is 3. The van der Waals surface area contributed by atoms with Gasteiger partial charge in [0.1, 0.15) is 29.1 Å². The fourth-order valence-corrected chi connectivity index (χ4v) is 8.90. The Labute approximate surface area is 375 Å². The number of methoxy groups -OCH3 is 1. The maximum absolute atomic E-state index is 13.8. The number of aryl methyl sites for hydroxylation is 5. The molecular formula is C51H65F4N5O4. The maximum atomic E-state index is 13.8. The zero-order chi connectivity index (χ0) is 45.0. The number of esters is 1. The lowest BCUT2D eigenvalue weighted by Gasteiger charge is -2.29. The lowest BCUT2D eigenvalue weighted by Crippen LogP contribution is -2.40. The average molecular weight is 888 g/mol. The van der Waals surface area contributed by atoms with Gasteiger partial charge < -0.3 is 25.6 Å². The number of aromatic amines is 1. The third-order valence-corrected chi connectivity index (χ3v) is 12.4. The number of nitrogens with zero attached hydrogens (tertiary/aromatic N) is 2. The number of aliphatic hydroxyl groups excluding tert-OH is 2. The number of hydrogen-bond acceptors (Lipinski definition) is 8. The van der Waals surface area contributed by atoms with Gasteiger partial charge in [-0.25, -0.2) is 22.5 Å². The molecule has 9 nitrogen and oxygen atoms in total. The summed E-state index contributed by atoms with van der Waals surface area (Å²) in [4.78, 5) is 16.8. The van der Waals surface area contributed by atoms with E-state index in [-0.39, 0.29) is 38.9 Å². The van der Waals surface area contributed by atoms with E-state index >= 15 is 0 Å². The molecule has 7 rings (SSSR count). The van der Waals surface area contributed by atoms with E-state index in [1.165, 1.54) is 64.8 Å². The van der Waals surface area contributed by atoms with E-state index in [0.717, 1.165) is 63.5 Å². The van der Waals surface area contributed by atoms with Gasteiger partial charge in [-0.2, -0.15) is 5.10 Å². The molecule has 64 heavy (non-hydrogen) atoms. The highest BCUT2D eigenvalue weighted by Gasteiger charge is 2.31. The van der Waals surface area contributed by atoms with E-state index in [1.54, 1.807) is 0 Å². The van der Waals surface area contributed by atoms with Gasteiger partial charge in [-0.3, -0.25) is 9.89 Å². The van der Waals surface area contributed by atoms with Crippen molar-refractivity contribution in [3.05, 3.63) is 152 Å². The molecule has 0 saturated carbocycles. The number of carbonyl (C=O) groups is 1. The number of aromatic nitrogens is 3. The van der Waals surface area contributed by atoms with Crippen molar-refractivity contribution in [3.8, 4) is 0 Å². The first-order chi connectivity index (χ1) is 30.4. The zero-order valence-corrected chi connectivity index (χ0v) is 36.7. The third-order valence-electron chi connectivity index (χ3n) is 12.4. The van der Waals surface area contributed by atoms with Crippen LogP contribution < -0.4 is 10.6 Å². The molecule has 0 saturated heterocycles. The van der Waals surface area contributed by atoms with Crippen molar-refractivity contribution in [2.24, 2.45) is 5.92 Å². The van der Waals surface area contributed by atoms with E-state index in [4.69, 9.17) is 4.74 Å². The Balaban J connectivity index is 0.000000238. The number of rotatable bonds is 17. The molecule has 0 fully saturated rings. The van der Waals surface area contributed by atoms with Crippen molar-refractivity contribution >= 4 is 5.97 Å². The van der Waals surface area contributed by atoms with Crippen LogP contribution in [-0.2, 0) is 54.5 Å². The molecule has 0 amide bonds. The molecule has 0 spiro atoms. The van der Waals surface area contributed by atoms with Crippen LogP contribution in [0.15, 0.2) is 72.8 Å². The Bertz CT molecular complexity index is 2250. The smallest absolute Gasteiger partial charge is 0.311 e. The molecule has 0 radical (unpaired) electrons. The summed E-state index contributed by atoms with van der Waals surface area (Å²) in [6.45, 7) is 6.74. The number of ether oxygens (including phenoxy) is 1. The molecular weight excluding hydrogens is 823 g/mol. The quantitative estimate of drug-likeness (QED) is 0.0462. The number of carbonyl (C=O) groups excluding carboxylic acids is 1. The standard InChI is InChI=1S/C26H32F2N4O.C24H29F2NO3.CH4/c1-3-16-8-9-18-6-5-7-23(21(18)12-16)29-15-24(33)22(26-30-25(4-2)31-32-26)13-17-10-19(27)14-20(28)11-17;1-3-15-7-8-17-5-4-6-22(20(17)11-15)27-14-23(28)21(24(29)30-2)12-16-9-18(25)13-19(26)10-16;/h8-12,14,22-24,29,33H,3-7,13,15H2,1-2H3,(H,30,31,32);7-11,13,21-23,27-28H,3-6,12,14H2,1-2H3;1H4. The normalized spacial score (nSPS) is 17.4. The molecule has 2 aliphatic rings. The SMILES string of the molecule is C.CCc1ccc2c(c1)C(NCC(O)C(Cc1cc(F)cc(F)c1)C(=O)OC)CCC2.CCc1ccc2c(c1)C(NCC(O)C(Cc1cc(F)cc(F)c1)c1n[nH]c(CC)n1)CCC2. The second-order valence-electron chi connectivity index (χ2n) is 16.8. The molecule has 1 aromatic heterocycles. The van der Waals surface area contributed by atoms with Gasteiger partial charge in [0.25, 0.3) is 0 Å². The summed E-state index contributed by atoms with van der Waals surface area (Å²) < 4.78 is 59.4. The van der Waals surface area contributed by atoms with Crippen molar-refractivity contribution in [3.63, 3.8) is 0 Å². The minimum Gasteiger partial charge on any atom is -0.469 e. The Hall–Kier alpha value is -4.95. The Morgan fingerprint density at radius 3 is 1.64 bits per heavy atom. The van der Waals surface area contributed by atoms with Crippen LogP contribution in [0.5, 0.6) is 0 Å². The van der Waals surface area contributed by atoms with Crippen molar-refractivity contribution in [2.75, 3.05) is 20.2 Å². The molecule has 2 aliphatic carbocycles. The van der Waals surface area contributed by atoms with E-state index in [9.17, 15) is 32.6 Å². The minimum absolute atomic E-state index is 0. The number of benzene rings is 4. The highest BCUT2D eigenvalue weighted by Crippen LogP contribution is 2.33. The topological polar surface area (TPSA) is 132 Å². The fourth-order valence-electron chi connectivity index (χ4n) is 8.90.